The lowest BCUT2D eigenvalue weighted by Crippen LogP contribution is -2.46. The van der Waals surface area contributed by atoms with Crippen molar-refractivity contribution in [3.8, 4) is 0 Å². The second kappa shape index (κ2) is 6.79. The van der Waals surface area contributed by atoms with Gasteiger partial charge in [0, 0.05) is 17.1 Å². The van der Waals surface area contributed by atoms with E-state index in [1.807, 2.05) is 26.0 Å². The largest absolute Gasteiger partial charge is 0.334 e. The van der Waals surface area contributed by atoms with Crippen molar-refractivity contribution < 1.29 is 9.18 Å². The zero-order valence-corrected chi connectivity index (χ0v) is 13.2. The summed E-state index contributed by atoms with van der Waals surface area (Å²) >= 11 is 5.86. The van der Waals surface area contributed by atoms with Gasteiger partial charge in [-0.15, -0.1) is 0 Å². The summed E-state index contributed by atoms with van der Waals surface area (Å²) in [6.45, 7) is 3.91. The third-order valence-corrected chi connectivity index (χ3v) is 3.64. The molecule has 22 heavy (non-hydrogen) atoms. The van der Waals surface area contributed by atoms with Crippen LogP contribution < -0.4 is 10.6 Å². The van der Waals surface area contributed by atoms with Crippen molar-refractivity contribution in [2.24, 2.45) is 0 Å². The molecule has 0 aliphatic heterocycles. The molecular weight excluding hydrogens is 303 g/mol. The number of rotatable bonds is 4. The Labute approximate surface area is 134 Å². The summed E-state index contributed by atoms with van der Waals surface area (Å²) < 4.78 is 13.5. The van der Waals surface area contributed by atoms with E-state index in [-0.39, 0.29) is 18.4 Å². The molecule has 2 amide bonds. The van der Waals surface area contributed by atoms with E-state index in [9.17, 15) is 9.18 Å². The van der Waals surface area contributed by atoms with Gasteiger partial charge in [-0.2, -0.15) is 0 Å². The third kappa shape index (κ3) is 4.21. The van der Waals surface area contributed by atoms with E-state index in [4.69, 9.17) is 11.6 Å². The highest BCUT2D eigenvalue weighted by Crippen LogP contribution is 2.21. The van der Waals surface area contributed by atoms with Gasteiger partial charge in [0.2, 0.25) is 0 Å². The van der Waals surface area contributed by atoms with Crippen LogP contribution in [0, 0.1) is 5.82 Å². The van der Waals surface area contributed by atoms with E-state index in [0.29, 0.717) is 10.6 Å². The third-order valence-electron chi connectivity index (χ3n) is 3.39. The van der Waals surface area contributed by atoms with Gasteiger partial charge in [-0.25, -0.2) is 9.18 Å². The van der Waals surface area contributed by atoms with Crippen molar-refractivity contribution in [1.82, 2.24) is 10.6 Å². The van der Waals surface area contributed by atoms with E-state index in [1.54, 1.807) is 30.3 Å². The minimum atomic E-state index is -0.566. The molecule has 0 saturated heterocycles. The molecule has 3 nitrogen and oxygen atoms in total. The van der Waals surface area contributed by atoms with Crippen LogP contribution in [-0.2, 0) is 12.1 Å². The lowest BCUT2D eigenvalue weighted by molar-refractivity contribution is 0.229. The second-order valence-corrected chi connectivity index (χ2v) is 5.97. The smallest absolute Gasteiger partial charge is 0.315 e. The lowest BCUT2D eigenvalue weighted by atomic mass is 9.94. The first kappa shape index (κ1) is 16.3. The summed E-state index contributed by atoms with van der Waals surface area (Å²) in [6.07, 6.45) is 0. The number of halogens is 2. The van der Waals surface area contributed by atoms with Crippen molar-refractivity contribution in [3.63, 3.8) is 0 Å². The maximum absolute atomic E-state index is 13.5. The van der Waals surface area contributed by atoms with E-state index < -0.39 is 5.54 Å². The molecule has 0 aliphatic rings. The fraction of sp³-hybridized carbons (Fsp3) is 0.235. The molecule has 2 rings (SSSR count). The Morgan fingerprint density at radius 1 is 1.14 bits per heavy atom. The molecule has 0 spiro atoms. The summed E-state index contributed by atoms with van der Waals surface area (Å²) in [4.78, 5) is 12.0. The van der Waals surface area contributed by atoms with E-state index >= 15 is 0 Å². The lowest BCUT2D eigenvalue weighted by Gasteiger charge is -2.27. The molecule has 116 valence electrons. The van der Waals surface area contributed by atoms with Gasteiger partial charge in [0.05, 0.1) is 5.54 Å². The average Bonchev–Trinajstić information content (AvgIpc) is 2.46. The van der Waals surface area contributed by atoms with Gasteiger partial charge in [0.1, 0.15) is 5.82 Å². The number of carbonyl (C=O) groups excluding carboxylic acids is 1. The predicted molar refractivity (Wildman–Crippen MR) is 86.2 cm³/mol. The summed E-state index contributed by atoms with van der Waals surface area (Å²) in [5.74, 6) is -0.334. The van der Waals surface area contributed by atoms with Gasteiger partial charge in [0.15, 0.2) is 0 Å². The molecule has 0 radical (unpaired) electrons. The van der Waals surface area contributed by atoms with Crippen LogP contribution in [-0.4, -0.2) is 6.03 Å². The number of hydrogen-bond acceptors (Lipinski definition) is 1. The first-order valence-electron chi connectivity index (χ1n) is 6.94. The van der Waals surface area contributed by atoms with Crippen molar-refractivity contribution >= 4 is 17.6 Å². The molecule has 0 atom stereocenters. The Balaban J connectivity index is 1.96. The van der Waals surface area contributed by atoms with Crippen LogP contribution in [0.1, 0.15) is 25.0 Å². The highest BCUT2D eigenvalue weighted by molar-refractivity contribution is 6.30. The predicted octanol–water partition coefficient (Wildman–Crippen LogP) is 4.21. The van der Waals surface area contributed by atoms with Crippen LogP contribution >= 0.6 is 11.6 Å². The van der Waals surface area contributed by atoms with Crippen LogP contribution in [0.25, 0.3) is 0 Å². The molecule has 0 aliphatic carbocycles. The molecule has 0 heterocycles. The monoisotopic (exact) mass is 320 g/mol. The van der Waals surface area contributed by atoms with Gasteiger partial charge in [0.25, 0.3) is 0 Å². The summed E-state index contributed by atoms with van der Waals surface area (Å²) in [7, 11) is 0. The van der Waals surface area contributed by atoms with Gasteiger partial charge in [-0.3, -0.25) is 0 Å². The molecular formula is C17H18ClFN2O. The molecule has 0 aromatic heterocycles. The summed E-state index contributed by atoms with van der Waals surface area (Å²) in [5.41, 5.74) is 0.809. The SMILES string of the molecule is CC(C)(NC(=O)NCc1ccccc1F)c1ccc(Cl)cc1. The average molecular weight is 321 g/mol. The molecule has 0 saturated carbocycles. The molecule has 2 N–H and O–H groups in total. The highest BCUT2D eigenvalue weighted by atomic mass is 35.5. The molecule has 0 fully saturated rings. The zero-order valence-electron chi connectivity index (χ0n) is 12.5. The maximum atomic E-state index is 13.5. The Morgan fingerprint density at radius 3 is 2.41 bits per heavy atom. The molecule has 2 aromatic carbocycles. The summed E-state index contributed by atoms with van der Waals surface area (Å²) in [6, 6.07) is 13.3. The van der Waals surface area contributed by atoms with Gasteiger partial charge in [-0.1, -0.05) is 41.9 Å². The first-order valence-corrected chi connectivity index (χ1v) is 7.32. The Bertz CT molecular complexity index is 656. The van der Waals surface area contributed by atoms with E-state index in [1.165, 1.54) is 6.07 Å². The van der Waals surface area contributed by atoms with Crippen LogP contribution in [0.5, 0.6) is 0 Å². The van der Waals surface area contributed by atoms with Gasteiger partial charge >= 0.3 is 6.03 Å². The number of nitrogens with one attached hydrogen (secondary N) is 2. The Kier molecular flexibility index (Phi) is 5.03. The topological polar surface area (TPSA) is 41.1 Å². The number of urea groups is 1. The molecule has 0 bridgehead atoms. The number of hydrogen-bond donors (Lipinski definition) is 2. The first-order chi connectivity index (χ1) is 10.4. The van der Waals surface area contributed by atoms with Gasteiger partial charge in [-0.05, 0) is 37.6 Å². The van der Waals surface area contributed by atoms with Gasteiger partial charge < -0.3 is 10.6 Å². The Morgan fingerprint density at radius 2 is 1.77 bits per heavy atom. The van der Waals surface area contributed by atoms with Crippen molar-refractivity contribution in [2.45, 2.75) is 25.9 Å². The number of carbonyl (C=O) groups is 1. The van der Waals surface area contributed by atoms with Crippen molar-refractivity contribution in [2.75, 3.05) is 0 Å². The number of amides is 2. The molecule has 0 unspecified atom stereocenters. The minimum Gasteiger partial charge on any atom is -0.334 e. The Hall–Kier alpha value is -2.07. The second-order valence-electron chi connectivity index (χ2n) is 5.53. The van der Waals surface area contributed by atoms with Crippen molar-refractivity contribution in [1.29, 1.82) is 0 Å². The van der Waals surface area contributed by atoms with Crippen LogP contribution in [0.4, 0.5) is 9.18 Å². The van der Waals surface area contributed by atoms with E-state index in [2.05, 4.69) is 10.6 Å². The molecule has 5 heteroatoms. The normalized spacial score (nSPS) is 11.1. The van der Waals surface area contributed by atoms with Crippen LogP contribution in [0.15, 0.2) is 48.5 Å². The fourth-order valence-corrected chi connectivity index (χ4v) is 2.21. The summed E-state index contributed by atoms with van der Waals surface area (Å²) in [5, 5.41) is 6.17. The van der Waals surface area contributed by atoms with Crippen LogP contribution in [0.2, 0.25) is 5.02 Å². The zero-order chi connectivity index (χ0) is 16.2. The molecule has 2 aromatic rings. The standard InChI is InChI=1S/C17H18ClFN2O/c1-17(2,13-7-9-14(18)10-8-13)21-16(22)20-11-12-5-3-4-6-15(12)19/h3-10H,11H2,1-2H3,(H2,20,21,22). The fourth-order valence-electron chi connectivity index (χ4n) is 2.08. The van der Waals surface area contributed by atoms with Crippen molar-refractivity contribution in [3.05, 3.63) is 70.5 Å². The number of benzene rings is 2. The maximum Gasteiger partial charge on any atom is 0.315 e. The van der Waals surface area contributed by atoms with E-state index in [0.717, 1.165) is 5.56 Å². The minimum absolute atomic E-state index is 0.134. The highest BCUT2D eigenvalue weighted by Gasteiger charge is 2.22. The van der Waals surface area contributed by atoms with Crippen LogP contribution in [0.3, 0.4) is 0 Å². The quantitative estimate of drug-likeness (QED) is 0.870.